The van der Waals surface area contributed by atoms with Crippen LogP contribution in [0.2, 0.25) is 13.1 Å². The van der Waals surface area contributed by atoms with Crippen molar-refractivity contribution >= 4 is 29.9 Å². The monoisotopic (exact) mass is 323 g/mol. The van der Waals surface area contributed by atoms with Crippen molar-refractivity contribution in [3.05, 3.63) is 52.6 Å². The van der Waals surface area contributed by atoms with E-state index >= 15 is 0 Å². The Morgan fingerprint density at radius 3 is 2.26 bits per heavy atom. The van der Waals surface area contributed by atoms with Gasteiger partial charge in [-0.1, -0.05) is 26.1 Å². The molecule has 3 heteroatoms. The lowest BCUT2D eigenvalue weighted by Crippen LogP contribution is -2.60. The number of hydrogen-bond acceptors (Lipinski definition) is 2. The minimum atomic E-state index is -1.87. The van der Waals surface area contributed by atoms with Gasteiger partial charge in [0.05, 0.1) is 0 Å². The fourth-order valence-corrected chi connectivity index (χ4v) is 6.76. The number of anilines is 1. The molecule has 0 saturated heterocycles. The Labute approximate surface area is 140 Å². The van der Waals surface area contributed by atoms with Gasteiger partial charge < -0.3 is 4.90 Å². The first-order valence-corrected chi connectivity index (χ1v) is 11.3. The van der Waals surface area contributed by atoms with E-state index in [1.165, 1.54) is 27.2 Å². The molecule has 2 nitrogen and oxygen atoms in total. The quantitative estimate of drug-likeness (QED) is 0.792. The van der Waals surface area contributed by atoms with Crippen molar-refractivity contribution in [2.45, 2.75) is 33.4 Å². The largest absolute Gasteiger partial charge is 0.378 e. The number of carbonyl (C=O) groups is 1. The maximum Gasteiger partial charge on any atom is 0.192 e. The van der Waals surface area contributed by atoms with Gasteiger partial charge in [0.1, 0.15) is 8.07 Å². The highest BCUT2D eigenvalue weighted by atomic mass is 28.3. The second-order valence-electron chi connectivity index (χ2n) is 7.26. The fourth-order valence-electron chi connectivity index (χ4n) is 3.65. The van der Waals surface area contributed by atoms with Crippen molar-refractivity contribution in [3.63, 3.8) is 0 Å². The van der Waals surface area contributed by atoms with Crippen LogP contribution in [0.5, 0.6) is 0 Å². The van der Waals surface area contributed by atoms with Crippen LogP contribution in [0, 0.1) is 6.92 Å². The average molecular weight is 324 g/mol. The highest BCUT2D eigenvalue weighted by Crippen LogP contribution is 2.25. The molecule has 2 aromatic carbocycles. The van der Waals surface area contributed by atoms with Crippen LogP contribution in [-0.4, -0.2) is 28.0 Å². The SMILES string of the molecule is CCc1cc2c(cc1C)[Si](C)(C)c1cc(N(C)C)ccc1C2=O. The van der Waals surface area contributed by atoms with Gasteiger partial charge in [-0.25, -0.2) is 0 Å². The molecule has 1 aliphatic heterocycles. The van der Waals surface area contributed by atoms with E-state index in [4.69, 9.17) is 0 Å². The second kappa shape index (κ2) is 5.34. The van der Waals surface area contributed by atoms with Gasteiger partial charge in [0.25, 0.3) is 0 Å². The lowest BCUT2D eigenvalue weighted by molar-refractivity contribution is 0.104. The van der Waals surface area contributed by atoms with E-state index in [1.54, 1.807) is 0 Å². The molecule has 0 aliphatic carbocycles. The summed E-state index contributed by atoms with van der Waals surface area (Å²) in [5.41, 5.74) is 5.62. The summed E-state index contributed by atoms with van der Waals surface area (Å²) in [6.07, 6.45) is 0.973. The number of carbonyl (C=O) groups excluding carboxylic acids is 1. The minimum Gasteiger partial charge on any atom is -0.378 e. The zero-order valence-electron chi connectivity index (χ0n) is 14.9. The maximum absolute atomic E-state index is 13.1. The van der Waals surface area contributed by atoms with Crippen LogP contribution in [0.1, 0.15) is 34.0 Å². The number of fused-ring (bicyclic) bond motifs is 2. The first-order valence-electron chi connectivity index (χ1n) is 8.28. The molecule has 0 amide bonds. The first-order chi connectivity index (χ1) is 10.8. The fraction of sp³-hybridized carbons (Fsp3) is 0.350. The van der Waals surface area contributed by atoms with Crippen LogP contribution in [0.15, 0.2) is 30.3 Å². The van der Waals surface area contributed by atoms with Crippen LogP contribution < -0.4 is 15.3 Å². The molecule has 3 rings (SSSR count). The molecule has 0 atom stereocenters. The molecule has 0 aromatic heterocycles. The van der Waals surface area contributed by atoms with Crippen molar-refractivity contribution in [2.24, 2.45) is 0 Å². The van der Waals surface area contributed by atoms with Crippen molar-refractivity contribution in [3.8, 4) is 0 Å². The normalized spacial score (nSPS) is 15.1. The summed E-state index contributed by atoms with van der Waals surface area (Å²) in [6.45, 7) is 9.05. The molecular weight excluding hydrogens is 298 g/mol. The Morgan fingerprint density at radius 2 is 1.65 bits per heavy atom. The Kier molecular flexibility index (Phi) is 3.72. The number of aryl methyl sites for hydroxylation is 2. The van der Waals surface area contributed by atoms with E-state index < -0.39 is 8.07 Å². The third-order valence-electron chi connectivity index (χ3n) is 5.21. The van der Waals surface area contributed by atoms with Gasteiger partial charge in [0.2, 0.25) is 0 Å². The van der Waals surface area contributed by atoms with Gasteiger partial charge in [-0.2, -0.15) is 0 Å². The Balaban J connectivity index is 2.29. The number of ketones is 1. The zero-order chi connectivity index (χ0) is 16.9. The van der Waals surface area contributed by atoms with Crippen LogP contribution in [0.3, 0.4) is 0 Å². The molecule has 1 heterocycles. The lowest BCUT2D eigenvalue weighted by Gasteiger charge is -2.34. The van der Waals surface area contributed by atoms with E-state index in [0.717, 1.165) is 17.5 Å². The third-order valence-corrected chi connectivity index (χ3v) is 8.73. The van der Waals surface area contributed by atoms with Crippen molar-refractivity contribution in [1.29, 1.82) is 0 Å². The van der Waals surface area contributed by atoms with Gasteiger partial charge >= 0.3 is 0 Å². The van der Waals surface area contributed by atoms with Gasteiger partial charge in [-0.3, -0.25) is 4.79 Å². The van der Waals surface area contributed by atoms with Gasteiger partial charge in [-0.05, 0) is 59.1 Å². The molecule has 23 heavy (non-hydrogen) atoms. The molecule has 0 N–H and O–H groups in total. The molecule has 0 fully saturated rings. The predicted octanol–water partition coefficient (Wildman–Crippen LogP) is 2.99. The minimum absolute atomic E-state index is 0.196. The second-order valence-corrected chi connectivity index (χ2v) is 11.6. The van der Waals surface area contributed by atoms with Crippen molar-refractivity contribution in [2.75, 3.05) is 19.0 Å². The lowest BCUT2D eigenvalue weighted by atomic mass is 9.96. The maximum atomic E-state index is 13.1. The predicted molar refractivity (Wildman–Crippen MR) is 102 cm³/mol. The van der Waals surface area contributed by atoms with Crippen molar-refractivity contribution in [1.82, 2.24) is 0 Å². The zero-order valence-corrected chi connectivity index (χ0v) is 15.9. The number of nitrogens with zero attached hydrogens (tertiary/aromatic N) is 1. The molecule has 0 radical (unpaired) electrons. The summed E-state index contributed by atoms with van der Waals surface area (Å²) in [5.74, 6) is 0.196. The number of hydrogen-bond donors (Lipinski definition) is 0. The van der Waals surface area contributed by atoms with Crippen LogP contribution in [0.25, 0.3) is 0 Å². The number of benzene rings is 2. The van der Waals surface area contributed by atoms with Crippen molar-refractivity contribution < 1.29 is 4.79 Å². The van der Waals surface area contributed by atoms with Crippen LogP contribution in [0.4, 0.5) is 5.69 Å². The van der Waals surface area contributed by atoms with E-state index in [-0.39, 0.29) is 5.78 Å². The van der Waals surface area contributed by atoms with Crippen LogP contribution >= 0.6 is 0 Å². The highest BCUT2D eigenvalue weighted by molar-refractivity contribution is 7.02. The Hall–Kier alpha value is -1.87. The topological polar surface area (TPSA) is 20.3 Å². The summed E-state index contributed by atoms with van der Waals surface area (Å²) >= 11 is 0. The molecule has 0 unspecified atom stereocenters. The Bertz CT molecular complexity index is 806. The van der Waals surface area contributed by atoms with E-state index in [1.807, 2.05) is 20.2 Å². The summed E-state index contributed by atoms with van der Waals surface area (Å²) in [7, 11) is 2.23. The molecule has 0 bridgehead atoms. The molecule has 0 spiro atoms. The van der Waals surface area contributed by atoms with E-state index in [0.29, 0.717) is 0 Å². The van der Waals surface area contributed by atoms with E-state index in [2.05, 4.69) is 56.1 Å². The first kappa shape index (κ1) is 16.0. The standard InChI is InChI=1S/C20H25NOSi/c1-7-14-11-17-18(10-13(14)2)23(5,6)19-12-15(21(3)4)8-9-16(19)20(17)22/h8-12H,7H2,1-6H3. The smallest absolute Gasteiger partial charge is 0.192 e. The van der Waals surface area contributed by atoms with Crippen LogP contribution in [-0.2, 0) is 6.42 Å². The average Bonchev–Trinajstić information content (AvgIpc) is 2.52. The summed E-state index contributed by atoms with van der Waals surface area (Å²) in [6, 6.07) is 10.7. The van der Waals surface area contributed by atoms with Gasteiger partial charge in [0, 0.05) is 30.9 Å². The summed E-state index contributed by atoms with van der Waals surface area (Å²) < 4.78 is 0. The number of rotatable bonds is 2. The molecule has 0 saturated carbocycles. The highest BCUT2D eigenvalue weighted by Gasteiger charge is 2.39. The van der Waals surface area contributed by atoms with Gasteiger partial charge in [-0.15, -0.1) is 0 Å². The molecule has 120 valence electrons. The Morgan fingerprint density at radius 1 is 1.00 bits per heavy atom. The molecular formula is C20H25NOSi. The third kappa shape index (κ3) is 2.34. The molecule has 2 aromatic rings. The summed E-state index contributed by atoms with van der Waals surface area (Å²) in [5, 5.41) is 2.56. The summed E-state index contributed by atoms with van der Waals surface area (Å²) in [4.78, 5) is 15.2. The van der Waals surface area contributed by atoms with Gasteiger partial charge in [0.15, 0.2) is 5.78 Å². The molecule has 1 aliphatic rings. The van der Waals surface area contributed by atoms with E-state index in [9.17, 15) is 4.79 Å².